The molecule has 108 valence electrons. The first-order valence-electron chi connectivity index (χ1n) is 7.47. The van der Waals surface area contributed by atoms with Crippen molar-refractivity contribution in [1.82, 2.24) is 10.3 Å². The molecule has 0 saturated heterocycles. The van der Waals surface area contributed by atoms with Gasteiger partial charge in [0.2, 0.25) is 0 Å². The summed E-state index contributed by atoms with van der Waals surface area (Å²) in [5.74, 6) is 0. The van der Waals surface area contributed by atoms with Gasteiger partial charge in [0.1, 0.15) is 0 Å². The lowest BCUT2D eigenvalue weighted by Gasteiger charge is -2.17. The van der Waals surface area contributed by atoms with E-state index >= 15 is 0 Å². The lowest BCUT2D eigenvalue weighted by molar-refractivity contribution is 0.476. The zero-order valence-electron chi connectivity index (χ0n) is 12.7. The molecule has 1 N–H and O–H groups in total. The fourth-order valence-corrected chi connectivity index (χ4v) is 3.37. The molecule has 1 atom stereocenters. The monoisotopic (exact) mass is 280 g/mol. The largest absolute Gasteiger partial charge is 0.309 e. The average molecular weight is 280 g/mol. The molecule has 0 aliphatic heterocycles. The molecule has 0 saturated carbocycles. The van der Waals surface area contributed by atoms with E-state index in [1.807, 2.05) is 17.4 Å². The molecule has 0 radical (unpaired) electrons. The fourth-order valence-electron chi connectivity index (χ4n) is 2.33. The summed E-state index contributed by atoms with van der Waals surface area (Å²) >= 11 is 1.85. The summed E-state index contributed by atoms with van der Waals surface area (Å²) in [5.41, 5.74) is 1.21. The van der Waals surface area contributed by atoms with Crippen molar-refractivity contribution < 1.29 is 0 Å². The normalized spacial score (nSPS) is 12.6. The van der Waals surface area contributed by atoms with Gasteiger partial charge in [-0.2, -0.15) is 0 Å². The smallest absolute Gasteiger partial charge is 0.0900 e. The summed E-state index contributed by atoms with van der Waals surface area (Å²) in [6.45, 7) is 11.3. The topological polar surface area (TPSA) is 24.9 Å². The maximum atomic E-state index is 4.56. The third-order valence-electron chi connectivity index (χ3n) is 3.30. The highest BCUT2D eigenvalue weighted by molar-refractivity contribution is 7.11. The Kier molecular flexibility index (Phi) is 7.99. The van der Waals surface area contributed by atoms with Gasteiger partial charge >= 0.3 is 0 Å². The van der Waals surface area contributed by atoms with E-state index in [1.165, 1.54) is 47.7 Å². The summed E-state index contributed by atoms with van der Waals surface area (Å²) < 4.78 is 0. The number of thiazole rings is 1. The number of aromatic nitrogens is 1. The summed E-state index contributed by atoms with van der Waals surface area (Å²) in [6, 6.07) is 0.495. The molecule has 0 spiro atoms. The zero-order valence-corrected chi connectivity index (χ0v) is 13.5. The maximum absolute atomic E-state index is 4.56. The van der Waals surface area contributed by atoms with E-state index in [2.05, 4.69) is 37.7 Å². The summed E-state index contributed by atoms with van der Waals surface area (Å²) in [7, 11) is 0. The molecule has 0 amide bonds. The van der Waals surface area contributed by atoms with Crippen LogP contribution < -0.4 is 5.32 Å². The second-order valence-corrected chi connectivity index (χ2v) is 6.35. The minimum Gasteiger partial charge on any atom is -0.309 e. The second-order valence-electron chi connectivity index (χ2n) is 5.12. The van der Waals surface area contributed by atoms with Gasteiger partial charge in [-0.15, -0.1) is 17.9 Å². The van der Waals surface area contributed by atoms with Crippen LogP contribution in [-0.2, 0) is 0 Å². The Morgan fingerprint density at radius 1 is 1.32 bits per heavy atom. The van der Waals surface area contributed by atoms with Gasteiger partial charge in [0.05, 0.1) is 10.7 Å². The van der Waals surface area contributed by atoms with Crippen LogP contribution in [0.4, 0.5) is 0 Å². The number of nitrogens with one attached hydrogen (secondary N) is 1. The van der Waals surface area contributed by atoms with E-state index in [4.69, 9.17) is 0 Å². The van der Waals surface area contributed by atoms with Gasteiger partial charge in [0.25, 0.3) is 0 Å². The average Bonchev–Trinajstić information content (AvgIpc) is 2.72. The van der Waals surface area contributed by atoms with E-state index in [0.717, 1.165) is 13.0 Å². The molecule has 1 heterocycles. The van der Waals surface area contributed by atoms with Crippen LogP contribution in [0, 0.1) is 13.8 Å². The molecule has 0 aliphatic carbocycles. The predicted molar refractivity (Wildman–Crippen MR) is 85.9 cm³/mol. The van der Waals surface area contributed by atoms with Crippen LogP contribution in [0.25, 0.3) is 0 Å². The quantitative estimate of drug-likeness (QED) is 0.485. The van der Waals surface area contributed by atoms with Gasteiger partial charge in [-0.1, -0.05) is 25.8 Å². The minimum atomic E-state index is 0.495. The van der Waals surface area contributed by atoms with E-state index in [9.17, 15) is 0 Å². The van der Waals surface area contributed by atoms with E-state index in [1.54, 1.807) is 0 Å². The van der Waals surface area contributed by atoms with Crippen molar-refractivity contribution in [3.8, 4) is 0 Å². The Balaban J connectivity index is 2.51. The number of hydrogen-bond acceptors (Lipinski definition) is 3. The van der Waals surface area contributed by atoms with Crippen molar-refractivity contribution in [2.45, 2.75) is 65.3 Å². The first-order valence-corrected chi connectivity index (χ1v) is 8.28. The molecule has 1 rings (SSSR count). The minimum absolute atomic E-state index is 0.495. The Morgan fingerprint density at radius 3 is 2.68 bits per heavy atom. The van der Waals surface area contributed by atoms with Crippen molar-refractivity contribution in [3.63, 3.8) is 0 Å². The molecule has 1 unspecified atom stereocenters. The van der Waals surface area contributed by atoms with Crippen molar-refractivity contribution in [2.24, 2.45) is 0 Å². The number of hydrogen-bond donors (Lipinski definition) is 1. The Labute approximate surface area is 122 Å². The number of rotatable bonds is 10. The van der Waals surface area contributed by atoms with Crippen LogP contribution in [-0.4, -0.2) is 11.5 Å². The van der Waals surface area contributed by atoms with Gasteiger partial charge in [-0.3, -0.25) is 0 Å². The van der Waals surface area contributed by atoms with Crippen LogP contribution in [0.1, 0.15) is 67.1 Å². The van der Waals surface area contributed by atoms with Gasteiger partial charge in [0.15, 0.2) is 0 Å². The molecule has 0 bridgehead atoms. The second kappa shape index (κ2) is 9.27. The first kappa shape index (κ1) is 16.4. The molecular weight excluding hydrogens is 252 g/mol. The van der Waals surface area contributed by atoms with Crippen LogP contribution in [0.5, 0.6) is 0 Å². The number of allylic oxidation sites excluding steroid dienone is 1. The number of nitrogens with zero attached hydrogens (tertiary/aromatic N) is 1. The molecule has 0 aromatic carbocycles. The molecule has 19 heavy (non-hydrogen) atoms. The van der Waals surface area contributed by atoms with Gasteiger partial charge in [-0.05, 0) is 46.1 Å². The maximum Gasteiger partial charge on any atom is 0.0900 e. The van der Waals surface area contributed by atoms with Crippen molar-refractivity contribution in [1.29, 1.82) is 0 Å². The Hall–Kier alpha value is -0.670. The van der Waals surface area contributed by atoms with E-state index in [0.29, 0.717) is 6.04 Å². The standard InChI is InChI=1S/C16H28N2S/c1-5-7-8-9-10-11-15(17-12-6-2)16-13(3)18-14(4)19-16/h5,15,17H,1,6-12H2,2-4H3. The van der Waals surface area contributed by atoms with Crippen LogP contribution >= 0.6 is 11.3 Å². The molecule has 0 fully saturated rings. The third-order valence-corrected chi connectivity index (χ3v) is 4.48. The molecule has 2 nitrogen and oxygen atoms in total. The predicted octanol–water partition coefficient (Wildman–Crippen LogP) is 4.94. The highest BCUT2D eigenvalue weighted by Crippen LogP contribution is 2.28. The van der Waals surface area contributed by atoms with Crippen molar-refractivity contribution in [2.75, 3.05) is 6.54 Å². The fraction of sp³-hybridized carbons (Fsp3) is 0.688. The van der Waals surface area contributed by atoms with Gasteiger partial charge in [-0.25, -0.2) is 4.98 Å². The zero-order chi connectivity index (χ0) is 14.1. The van der Waals surface area contributed by atoms with E-state index < -0.39 is 0 Å². The molecular formula is C16H28N2S. The highest BCUT2D eigenvalue weighted by atomic mass is 32.1. The van der Waals surface area contributed by atoms with Gasteiger partial charge < -0.3 is 5.32 Å². The van der Waals surface area contributed by atoms with Crippen LogP contribution in [0.3, 0.4) is 0 Å². The number of aryl methyl sites for hydroxylation is 2. The highest BCUT2D eigenvalue weighted by Gasteiger charge is 2.16. The first-order chi connectivity index (χ1) is 9.19. The SMILES string of the molecule is C=CCCCCCC(NCCC)c1sc(C)nc1C. The van der Waals surface area contributed by atoms with Crippen molar-refractivity contribution >= 4 is 11.3 Å². The van der Waals surface area contributed by atoms with E-state index in [-0.39, 0.29) is 0 Å². The third kappa shape index (κ3) is 5.87. The molecule has 1 aromatic rings. The number of unbranched alkanes of at least 4 members (excludes halogenated alkanes) is 3. The molecule has 0 aliphatic rings. The molecule has 3 heteroatoms. The summed E-state index contributed by atoms with van der Waals surface area (Å²) in [5, 5.41) is 4.86. The Morgan fingerprint density at radius 2 is 2.11 bits per heavy atom. The van der Waals surface area contributed by atoms with Gasteiger partial charge in [0, 0.05) is 10.9 Å². The Bertz CT molecular complexity index is 371. The van der Waals surface area contributed by atoms with Crippen LogP contribution in [0.15, 0.2) is 12.7 Å². The lowest BCUT2D eigenvalue weighted by atomic mass is 10.0. The molecule has 1 aromatic heterocycles. The summed E-state index contributed by atoms with van der Waals surface area (Å²) in [6.07, 6.45) is 9.42. The van der Waals surface area contributed by atoms with Crippen molar-refractivity contribution in [3.05, 3.63) is 28.2 Å². The lowest BCUT2D eigenvalue weighted by Crippen LogP contribution is -2.22. The van der Waals surface area contributed by atoms with Crippen LogP contribution in [0.2, 0.25) is 0 Å². The summed E-state index contributed by atoms with van der Waals surface area (Å²) in [4.78, 5) is 6.00.